The van der Waals surface area contributed by atoms with Crippen molar-refractivity contribution in [3.05, 3.63) is 0 Å². The van der Waals surface area contributed by atoms with E-state index in [1.165, 1.54) is 0 Å². The Morgan fingerprint density at radius 3 is 2.71 bits per heavy atom. The number of aliphatic hydroxyl groups is 1. The van der Waals surface area contributed by atoms with E-state index in [9.17, 15) is 14.7 Å². The second kappa shape index (κ2) is 4.64. The quantitative estimate of drug-likeness (QED) is 0.750. The van der Waals surface area contributed by atoms with Crippen molar-refractivity contribution in [2.45, 2.75) is 32.1 Å². The Labute approximate surface area is 100 Å². The Morgan fingerprint density at radius 2 is 2.12 bits per heavy atom. The van der Waals surface area contributed by atoms with Gasteiger partial charge in [-0.2, -0.15) is 0 Å². The predicted octanol–water partition coefficient (Wildman–Crippen LogP) is 0.472. The smallest absolute Gasteiger partial charge is 0.303 e. The highest BCUT2D eigenvalue weighted by Gasteiger charge is 2.49. The molecule has 96 valence electrons. The Hall–Kier alpha value is -1.10. The summed E-state index contributed by atoms with van der Waals surface area (Å²) in [6, 6.07) is 0. The average Bonchev–Trinajstić information content (AvgIpc) is 2.82. The average molecular weight is 241 g/mol. The molecule has 1 aliphatic heterocycles. The molecular formula is C12H19NO4. The van der Waals surface area contributed by atoms with E-state index in [1.807, 2.05) is 0 Å². The van der Waals surface area contributed by atoms with Crippen LogP contribution in [0.15, 0.2) is 0 Å². The van der Waals surface area contributed by atoms with Gasteiger partial charge in [0.05, 0.1) is 13.0 Å². The predicted molar refractivity (Wildman–Crippen MR) is 60.3 cm³/mol. The molecule has 2 N–H and O–H groups in total. The van der Waals surface area contributed by atoms with Gasteiger partial charge in [-0.25, -0.2) is 0 Å². The van der Waals surface area contributed by atoms with Crippen LogP contribution in [-0.4, -0.2) is 46.7 Å². The Morgan fingerprint density at radius 1 is 1.35 bits per heavy atom. The molecule has 1 heterocycles. The maximum absolute atomic E-state index is 11.8. The molecule has 0 spiro atoms. The number of carbonyl (C=O) groups excluding carboxylic acids is 1. The summed E-state index contributed by atoms with van der Waals surface area (Å²) in [5.74, 6) is -0.620. The Balaban J connectivity index is 1.93. The van der Waals surface area contributed by atoms with E-state index in [0.29, 0.717) is 19.0 Å². The summed E-state index contributed by atoms with van der Waals surface area (Å²) >= 11 is 0. The van der Waals surface area contributed by atoms with Crippen LogP contribution in [-0.2, 0) is 9.59 Å². The first-order valence-corrected chi connectivity index (χ1v) is 6.18. The summed E-state index contributed by atoms with van der Waals surface area (Å²) < 4.78 is 0. The van der Waals surface area contributed by atoms with Crippen molar-refractivity contribution < 1.29 is 19.8 Å². The molecular weight excluding hydrogens is 222 g/mol. The highest BCUT2D eigenvalue weighted by atomic mass is 16.4. The zero-order valence-corrected chi connectivity index (χ0v) is 9.89. The van der Waals surface area contributed by atoms with Gasteiger partial charge in [0, 0.05) is 24.9 Å². The summed E-state index contributed by atoms with van der Waals surface area (Å²) in [6.45, 7) is 1.44. The molecule has 5 nitrogen and oxygen atoms in total. The fourth-order valence-corrected chi connectivity index (χ4v) is 3.23. The number of carbonyl (C=O) groups is 2. The third kappa shape index (κ3) is 2.29. The van der Waals surface area contributed by atoms with Crippen LogP contribution < -0.4 is 0 Å². The monoisotopic (exact) mass is 241 g/mol. The van der Waals surface area contributed by atoms with Crippen molar-refractivity contribution in [2.75, 3.05) is 19.7 Å². The molecule has 2 fully saturated rings. The van der Waals surface area contributed by atoms with E-state index in [-0.39, 0.29) is 30.8 Å². The molecule has 5 heteroatoms. The Bertz CT molecular complexity index is 330. The van der Waals surface area contributed by atoms with Crippen LogP contribution in [0.3, 0.4) is 0 Å². The third-order valence-electron chi connectivity index (χ3n) is 4.26. The van der Waals surface area contributed by atoms with E-state index >= 15 is 0 Å². The lowest BCUT2D eigenvalue weighted by molar-refractivity contribution is -0.140. The number of hydrogen-bond acceptors (Lipinski definition) is 3. The number of nitrogens with zero attached hydrogens (tertiary/aromatic N) is 1. The van der Waals surface area contributed by atoms with Crippen LogP contribution in [0.1, 0.15) is 32.1 Å². The number of aliphatic hydroxyl groups excluding tert-OH is 1. The van der Waals surface area contributed by atoms with Crippen LogP contribution in [0.2, 0.25) is 0 Å². The summed E-state index contributed by atoms with van der Waals surface area (Å²) in [5.41, 5.74) is -0.0983. The van der Waals surface area contributed by atoms with Crippen molar-refractivity contribution in [3.63, 3.8) is 0 Å². The Kier molecular flexibility index (Phi) is 3.38. The highest BCUT2D eigenvalue weighted by molar-refractivity contribution is 5.81. The number of aliphatic carboxylic acids is 1. The van der Waals surface area contributed by atoms with Gasteiger partial charge < -0.3 is 15.1 Å². The second-order valence-electron chi connectivity index (χ2n) is 5.28. The van der Waals surface area contributed by atoms with Gasteiger partial charge in [0.15, 0.2) is 0 Å². The first-order chi connectivity index (χ1) is 8.07. The number of carboxylic acid groups (broad SMARTS) is 1. The van der Waals surface area contributed by atoms with E-state index < -0.39 is 5.97 Å². The summed E-state index contributed by atoms with van der Waals surface area (Å²) in [6.07, 6.45) is 3.15. The van der Waals surface area contributed by atoms with Crippen LogP contribution >= 0.6 is 0 Å². The highest BCUT2D eigenvalue weighted by Crippen LogP contribution is 2.48. The van der Waals surface area contributed by atoms with Gasteiger partial charge in [-0.15, -0.1) is 0 Å². The summed E-state index contributed by atoms with van der Waals surface area (Å²) in [5, 5.41) is 18.1. The molecule has 2 atom stereocenters. The number of amides is 1. The molecule has 1 aliphatic carbocycles. The van der Waals surface area contributed by atoms with Crippen LogP contribution in [0, 0.1) is 11.3 Å². The fourth-order valence-electron chi connectivity index (χ4n) is 3.23. The van der Waals surface area contributed by atoms with Crippen LogP contribution in [0.5, 0.6) is 0 Å². The van der Waals surface area contributed by atoms with E-state index in [0.717, 1.165) is 19.3 Å². The number of rotatable bonds is 4. The molecule has 0 bridgehead atoms. The van der Waals surface area contributed by atoms with Crippen LogP contribution in [0.4, 0.5) is 0 Å². The number of fused-ring (bicyclic) bond motifs is 1. The zero-order chi connectivity index (χ0) is 12.5. The summed E-state index contributed by atoms with van der Waals surface area (Å²) in [4.78, 5) is 24.0. The second-order valence-corrected chi connectivity index (χ2v) is 5.28. The molecule has 0 radical (unpaired) electrons. The van der Waals surface area contributed by atoms with Gasteiger partial charge in [-0.05, 0) is 18.8 Å². The molecule has 1 amide bonds. The number of carboxylic acids is 1. The largest absolute Gasteiger partial charge is 0.481 e. The lowest BCUT2D eigenvalue weighted by Crippen LogP contribution is -2.34. The number of likely N-dealkylation sites (tertiary alicyclic amines) is 1. The maximum Gasteiger partial charge on any atom is 0.303 e. The van der Waals surface area contributed by atoms with Gasteiger partial charge in [-0.1, -0.05) is 6.42 Å². The maximum atomic E-state index is 11.8. The van der Waals surface area contributed by atoms with E-state index in [2.05, 4.69) is 0 Å². The van der Waals surface area contributed by atoms with Gasteiger partial charge in [0.1, 0.15) is 0 Å². The van der Waals surface area contributed by atoms with Crippen molar-refractivity contribution in [1.29, 1.82) is 0 Å². The lowest BCUT2D eigenvalue weighted by atomic mass is 9.82. The van der Waals surface area contributed by atoms with Gasteiger partial charge >= 0.3 is 5.97 Å². The van der Waals surface area contributed by atoms with Crippen molar-refractivity contribution in [3.8, 4) is 0 Å². The van der Waals surface area contributed by atoms with Crippen molar-refractivity contribution >= 4 is 11.9 Å². The molecule has 2 rings (SSSR count). The number of hydrogen-bond donors (Lipinski definition) is 2. The molecule has 0 aromatic carbocycles. The van der Waals surface area contributed by atoms with E-state index in [4.69, 9.17) is 5.11 Å². The minimum atomic E-state index is -0.936. The summed E-state index contributed by atoms with van der Waals surface area (Å²) in [7, 11) is 0. The lowest BCUT2D eigenvalue weighted by Gasteiger charge is -2.25. The molecule has 2 aliphatic rings. The molecule has 1 saturated heterocycles. The molecule has 0 aromatic rings. The van der Waals surface area contributed by atoms with E-state index in [1.54, 1.807) is 4.90 Å². The first-order valence-electron chi connectivity index (χ1n) is 6.18. The SMILES string of the molecule is O=C(O)CCC(=O)N1C[C@@H]2CCC[C@@]2(CO)C1. The fraction of sp³-hybridized carbons (Fsp3) is 0.833. The van der Waals surface area contributed by atoms with Crippen molar-refractivity contribution in [2.24, 2.45) is 11.3 Å². The van der Waals surface area contributed by atoms with Gasteiger partial charge in [-0.3, -0.25) is 9.59 Å². The van der Waals surface area contributed by atoms with Crippen molar-refractivity contribution in [1.82, 2.24) is 4.90 Å². The standard InChI is InChI=1S/C12H19NO4/c14-8-12-5-1-2-9(12)6-13(7-12)10(15)3-4-11(16)17/h9,14H,1-8H2,(H,16,17)/t9-,12-/m0/s1. The molecule has 17 heavy (non-hydrogen) atoms. The third-order valence-corrected chi connectivity index (χ3v) is 4.26. The minimum Gasteiger partial charge on any atom is -0.481 e. The van der Waals surface area contributed by atoms with Crippen LogP contribution in [0.25, 0.3) is 0 Å². The molecule has 1 saturated carbocycles. The topological polar surface area (TPSA) is 77.8 Å². The minimum absolute atomic E-state index is 0.0730. The van der Waals surface area contributed by atoms with Gasteiger partial charge in [0.25, 0.3) is 0 Å². The molecule has 0 unspecified atom stereocenters. The molecule has 0 aromatic heterocycles. The normalized spacial score (nSPS) is 31.6. The first kappa shape index (κ1) is 12.4. The van der Waals surface area contributed by atoms with Gasteiger partial charge in [0.2, 0.25) is 5.91 Å². The zero-order valence-electron chi connectivity index (χ0n) is 9.89.